The van der Waals surface area contributed by atoms with Crippen molar-refractivity contribution in [3.63, 3.8) is 0 Å². The molecule has 0 saturated carbocycles. The monoisotopic (exact) mass is 308 g/mol. The molecule has 0 radical (unpaired) electrons. The van der Waals surface area contributed by atoms with Gasteiger partial charge in [-0.3, -0.25) is 4.79 Å². The van der Waals surface area contributed by atoms with Gasteiger partial charge >= 0.3 is 29.6 Å². The Bertz CT molecular complexity index is 366. The number of Topliss-reactive ketones (excluding diaryl/α,β-unsaturated/α-hetero) is 1. The van der Waals surface area contributed by atoms with Crippen molar-refractivity contribution in [3.8, 4) is 0 Å². The third-order valence-electron chi connectivity index (χ3n) is 2.18. The second-order valence-corrected chi connectivity index (χ2v) is 3.74. The molecule has 19 heavy (non-hydrogen) atoms. The first-order valence-corrected chi connectivity index (χ1v) is 4.34. The molecular formula is C8H6F10O. The summed E-state index contributed by atoms with van der Waals surface area (Å²) in [6, 6.07) is 0. The first kappa shape index (κ1) is 18.0. The summed E-state index contributed by atoms with van der Waals surface area (Å²) in [5.41, 5.74) is 0. The quantitative estimate of drug-likeness (QED) is 0.707. The first-order valence-electron chi connectivity index (χ1n) is 4.34. The minimum Gasteiger partial charge on any atom is -0.293 e. The molecule has 0 aliphatic carbocycles. The molecule has 0 aromatic carbocycles. The lowest BCUT2D eigenvalue weighted by Crippen LogP contribution is -2.68. The molecule has 0 fully saturated rings. The van der Waals surface area contributed by atoms with Crippen LogP contribution in [0.2, 0.25) is 0 Å². The van der Waals surface area contributed by atoms with Crippen molar-refractivity contribution in [2.75, 3.05) is 0 Å². The number of hydrogen-bond donors (Lipinski definition) is 0. The van der Waals surface area contributed by atoms with Crippen molar-refractivity contribution < 1.29 is 48.7 Å². The van der Waals surface area contributed by atoms with Gasteiger partial charge in [0.25, 0.3) is 0 Å². The summed E-state index contributed by atoms with van der Waals surface area (Å²) in [6.07, 6.45) is 0. The Morgan fingerprint density at radius 3 is 1.21 bits per heavy atom. The van der Waals surface area contributed by atoms with Gasteiger partial charge in [-0.1, -0.05) is 0 Å². The Labute approximate surface area is 99.1 Å². The molecule has 0 unspecified atom stereocenters. The van der Waals surface area contributed by atoms with E-state index in [-0.39, 0.29) is 6.92 Å². The molecule has 0 spiro atoms. The van der Waals surface area contributed by atoms with E-state index >= 15 is 0 Å². The smallest absolute Gasteiger partial charge is 0.293 e. The predicted molar refractivity (Wildman–Crippen MR) is 41.1 cm³/mol. The highest BCUT2D eigenvalue weighted by Gasteiger charge is 2.86. The standard InChI is InChI=1S/C8H6F10O/c1-3(19)5(11,12)7(15,16)8(17,18)6(13,14)4(2,9)10/h1-2H3. The average Bonchev–Trinajstić information content (AvgIpc) is 2.14. The van der Waals surface area contributed by atoms with Gasteiger partial charge in [-0.25, -0.2) is 0 Å². The van der Waals surface area contributed by atoms with Gasteiger partial charge in [-0.15, -0.1) is 0 Å². The van der Waals surface area contributed by atoms with Crippen molar-refractivity contribution in [1.82, 2.24) is 0 Å². The van der Waals surface area contributed by atoms with Gasteiger partial charge in [-0.2, -0.15) is 43.9 Å². The van der Waals surface area contributed by atoms with Crippen LogP contribution >= 0.6 is 0 Å². The Kier molecular flexibility index (Phi) is 4.00. The number of carbonyl (C=O) groups excluding carboxylic acids is 1. The molecule has 11 heteroatoms. The molecule has 0 bridgehead atoms. The van der Waals surface area contributed by atoms with Crippen molar-refractivity contribution in [2.24, 2.45) is 0 Å². The maximum Gasteiger partial charge on any atom is 0.385 e. The topological polar surface area (TPSA) is 17.1 Å². The largest absolute Gasteiger partial charge is 0.385 e. The number of ketones is 1. The molecule has 0 saturated heterocycles. The molecule has 0 aromatic heterocycles. The lowest BCUT2D eigenvalue weighted by Gasteiger charge is -2.37. The van der Waals surface area contributed by atoms with Gasteiger partial charge in [0, 0.05) is 13.8 Å². The van der Waals surface area contributed by atoms with Crippen LogP contribution in [0.25, 0.3) is 0 Å². The minimum atomic E-state index is -7.15. The Balaban J connectivity index is 5.99. The van der Waals surface area contributed by atoms with E-state index in [9.17, 15) is 48.7 Å². The molecule has 114 valence electrons. The van der Waals surface area contributed by atoms with Crippen molar-refractivity contribution >= 4 is 5.78 Å². The second kappa shape index (κ2) is 4.23. The molecule has 0 rings (SSSR count). The highest BCUT2D eigenvalue weighted by molar-refractivity contribution is 5.84. The van der Waals surface area contributed by atoms with E-state index < -0.39 is 42.3 Å². The van der Waals surface area contributed by atoms with E-state index in [1.54, 1.807) is 0 Å². The van der Waals surface area contributed by atoms with E-state index in [1.165, 1.54) is 0 Å². The number of hydrogen-bond acceptors (Lipinski definition) is 1. The van der Waals surface area contributed by atoms with E-state index in [0.717, 1.165) is 0 Å². The highest BCUT2D eigenvalue weighted by atomic mass is 19.4. The van der Waals surface area contributed by atoms with E-state index in [1.807, 2.05) is 0 Å². The van der Waals surface area contributed by atoms with Gasteiger partial charge in [-0.05, 0) is 0 Å². The van der Waals surface area contributed by atoms with Crippen molar-refractivity contribution in [1.29, 1.82) is 0 Å². The summed E-state index contributed by atoms with van der Waals surface area (Å²) in [5.74, 6) is -35.7. The zero-order chi connectivity index (χ0) is 16.1. The Morgan fingerprint density at radius 1 is 0.684 bits per heavy atom. The van der Waals surface area contributed by atoms with Crippen molar-refractivity contribution in [2.45, 2.75) is 43.5 Å². The lowest BCUT2D eigenvalue weighted by atomic mass is 9.93. The summed E-state index contributed by atoms with van der Waals surface area (Å²) >= 11 is 0. The average molecular weight is 308 g/mol. The Hall–Kier alpha value is -1.03. The predicted octanol–water partition coefficient (Wildman–Crippen LogP) is 3.77. The second-order valence-electron chi connectivity index (χ2n) is 3.74. The van der Waals surface area contributed by atoms with Gasteiger partial charge in [0.15, 0.2) is 0 Å². The van der Waals surface area contributed by atoms with Crippen LogP contribution in [0.4, 0.5) is 43.9 Å². The highest BCUT2D eigenvalue weighted by Crippen LogP contribution is 2.56. The SMILES string of the molecule is CC(=O)C(F)(F)C(F)(F)C(F)(F)C(F)(F)C(C)(F)F. The fourth-order valence-electron chi connectivity index (χ4n) is 0.891. The molecule has 0 aromatic rings. The van der Waals surface area contributed by atoms with Gasteiger partial charge < -0.3 is 0 Å². The van der Waals surface area contributed by atoms with Crippen LogP contribution in [0.15, 0.2) is 0 Å². The zero-order valence-corrected chi connectivity index (χ0v) is 9.19. The fourth-order valence-corrected chi connectivity index (χ4v) is 0.891. The van der Waals surface area contributed by atoms with Crippen LogP contribution < -0.4 is 0 Å². The number of carbonyl (C=O) groups is 1. The maximum atomic E-state index is 12.7. The summed E-state index contributed by atoms with van der Waals surface area (Å²) in [7, 11) is 0. The normalized spacial score (nSPS) is 15.6. The van der Waals surface area contributed by atoms with Crippen LogP contribution in [-0.4, -0.2) is 35.4 Å². The summed E-state index contributed by atoms with van der Waals surface area (Å²) in [6.45, 7) is -1.12. The molecule has 0 heterocycles. The summed E-state index contributed by atoms with van der Waals surface area (Å²) in [5, 5.41) is 0. The zero-order valence-electron chi connectivity index (χ0n) is 9.19. The molecule has 0 amide bonds. The molecule has 0 aliphatic rings. The van der Waals surface area contributed by atoms with Crippen LogP contribution in [-0.2, 0) is 4.79 Å². The first-order chi connectivity index (χ1) is 7.94. The minimum absolute atomic E-state index is 0.272. The number of alkyl halides is 10. The molecular weight excluding hydrogens is 302 g/mol. The molecule has 0 N–H and O–H groups in total. The third-order valence-corrected chi connectivity index (χ3v) is 2.18. The van der Waals surface area contributed by atoms with Crippen LogP contribution in [0.3, 0.4) is 0 Å². The van der Waals surface area contributed by atoms with E-state index in [0.29, 0.717) is 0 Å². The Morgan fingerprint density at radius 2 is 1.00 bits per heavy atom. The third kappa shape index (κ3) is 2.27. The summed E-state index contributed by atoms with van der Waals surface area (Å²) < 4.78 is 126. The van der Waals surface area contributed by atoms with E-state index in [4.69, 9.17) is 0 Å². The number of halogens is 10. The van der Waals surface area contributed by atoms with E-state index in [2.05, 4.69) is 0 Å². The van der Waals surface area contributed by atoms with Gasteiger partial charge in [0.05, 0.1) is 0 Å². The molecule has 0 aliphatic heterocycles. The fraction of sp³-hybridized carbons (Fsp3) is 0.875. The van der Waals surface area contributed by atoms with Gasteiger partial charge in [0.1, 0.15) is 0 Å². The summed E-state index contributed by atoms with van der Waals surface area (Å²) in [4.78, 5) is 10.1. The molecule has 1 nitrogen and oxygen atoms in total. The van der Waals surface area contributed by atoms with Crippen molar-refractivity contribution in [3.05, 3.63) is 0 Å². The van der Waals surface area contributed by atoms with Crippen LogP contribution in [0, 0.1) is 0 Å². The number of rotatable bonds is 5. The van der Waals surface area contributed by atoms with Gasteiger partial charge in [0.2, 0.25) is 5.78 Å². The van der Waals surface area contributed by atoms with Crippen LogP contribution in [0.5, 0.6) is 0 Å². The molecule has 0 atom stereocenters. The lowest BCUT2D eigenvalue weighted by molar-refractivity contribution is -0.391. The maximum absolute atomic E-state index is 12.7. The van der Waals surface area contributed by atoms with Crippen LogP contribution in [0.1, 0.15) is 13.8 Å².